The number of anilines is 2. The average Bonchev–Trinajstić information content (AvgIpc) is 2.67. The molecule has 0 fully saturated rings. The molecule has 2 aliphatic rings. The minimum absolute atomic E-state index is 0.188. The first kappa shape index (κ1) is 16.4. The highest BCUT2D eigenvalue weighted by molar-refractivity contribution is 6.09. The summed E-state index contributed by atoms with van der Waals surface area (Å²) < 4.78 is 11.0. The van der Waals surface area contributed by atoms with E-state index >= 15 is 0 Å². The van der Waals surface area contributed by atoms with E-state index in [0.29, 0.717) is 36.9 Å². The van der Waals surface area contributed by atoms with E-state index in [1.807, 2.05) is 24.3 Å². The molecule has 0 aliphatic carbocycles. The first-order valence-corrected chi connectivity index (χ1v) is 8.78. The van der Waals surface area contributed by atoms with Gasteiger partial charge in [0, 0.05) is 24.0 Å². The number of rotatable bonds is 3. The van der Waals surface area contributed by atoms with Gasteiger partial charge in [0.1, 0.15) is 19.6 Å². The maximum Gasteiger partial charge on any atom is 0.236 e. The highest BCUT2D eigenvalue weighted by Crippen LogP contribution is 2.32. The van der Waals surface area contributed by atoms with E-state index in [4.69, 9.17) is 9.47 Å². The van der Waals surface area contributed by atoms with Crippen LogP contribution in [0.3, 0.4) is 0 Å². The Bertz CT molecular complexity index is 849. The molecular weight excluding hydrogens is 332 g/mol. The van der Waals surface area contributed by atoms with Crippen LogP contribution < -0.4 is 19.7 Å². The van der Waals surface area contributed by atoms with E-state index in [0.717, 1.165) is 24.1 Å². The van der Waals surface area contributed by atoms with Crippen molar-refractivity contribution in [2.45, 2.75) is 19.3 Å². The summed E-state index contributed by atoms with van der Waals surface area (Å²) in [5.41, 5.74) is 2.65. The molecule has 2 amide bonds. The van der Waals surface area contributed by atoms with Crippen molar-refractivity contribution in [3.8, 4) is 11.5 Å². The lowest BCUT2D eigenvalue weighted by Crippen LogP contribution is -2.37. The van der Waals surface area contributed by atoms with Crippen molar-refractivity contribution >= 4 is 23.2 Å². The molecule has 0 unspecified atom stereocenters. The zero-order valence-corrected chi connectivity index (χ0v) is 14.4. The summed E-state index contributed by atoms with van der Waals surface area (Å²) in [4.78, 5) is 26.6. The number of nitrogens with one attached hydrogen (secondary N) is 1. The fraction of sp³-hybridized carbons (Fsp3) is 0.300. The van der Waals surface area contributed by atoms with Gasteiger partial charge in [-0.1, -0.05) is 18.2 Å². The molecule has 6 nitrogen and oxygen atoms in total. The Morgan fingerprint density at radius 3 is 2.73 bits per heavy atom. The highest BCUT2D eigenvalue weighted by Gasteiger charge is 2.24. The van der Waals surface area contributed by atoms with Crippen molar-refractivity contribution in [1.82, 2.24) is 0 Å². The Morgan fingerprint density at radius 1 is 1.04 bits per heavy atom. The molecule has 2 aromatic carbocycles. The number of ether oxygens (including phenoxy) is 2. The lowest BCUT2D eigenvalue weighted by Gasteiger charge is -2.29. The Hall–Kier alpha value is -3.02. The number of hydrogen-bond acceptors (Lipinski definition) is 4. The molecule has 0 saturated carbocycles. The Morgan fingerprint density at radius 2 is 1.85 bits per heavy atom. The summed E-state index contributed by atoms with van der Waals surface area (Å²) in [5, 5.41) is 2.76. The van der Waals surface area contributed by atoms with Gasteiger partial charge in [0.15, 0.2) is 11.5 Å². The highest BCUT2D eigenvalue weighted by atomic mass is 16.6. The Balaban J connectivity index is 1.42. The van der Waals surface area contributed by atoms with Crippen LogP contribution in [0.1, 0.15) is 18.4 Å². The summed E-state index contributed by atoms with van der Waals surface area (Å²) in [5.74, 6) is 0.738. The fourth-order valence-corrected chi connectivity index (χ4v) is 3.35. The van der Waals surface area contributed by atoms with Crippen LogP contribution in [-0.2, 0) is 16.0 Å². The van der Waals surface area contributed by atoms with Crippen LogP contribution in [0.25, 0.3) is 0 Å². The van der Waals surface area contributed by atoms with Crippen LogP contribution in [0, 0.1) is 0 Å². The lowest BCUT2D eigenvalue weighted by atomic mass is 10.0. The van der Waals surface area contributed by atoms with Gasteiger partial charge in [-0.25, -0.2) is 0 Å². The minimum Gasteiger partial charge on any atom is -0.486 e. The second-order valence-corrected chi connectivity index (χ2v) is 6.36. The van der Waals surface area contributed by atoms with Gasteiger partial charge in [-0.05, 0) is 36.6 Å². The fourth-order valence-electron chi connectivity index (χ4n) is 3.35. The second kappa shape index (κ2) is 7.07. The maximum atomic E-state index is 12.6. The number of carbonyl (C=O) groups is 2. The number of amides is 2. The zero-order valence-electron chi connectivity index (χ0n) is 14.4. The summed E-state index contributed by atoms with van der Waals surface area (Å²) in [7, 11) is 0. The molecule has 0 atom stereocenters. The number of benzene rings is 2. The number of hydrogen-bond donors (Lipinski definition) is 1. The third kappa shape index (κ3) is 3.35. The van der Waals surface area contributed by atoms with Crippen LogP contribution in [0.5, 0.6) is 11.5 Å². The van der Waals surface area contributed by atoms with Crippen molar-refractivity contribution in [2.24, 2.45) is 0 Å². The number of para-hydroxylation sites is 1. The van der Waals surface area contributed by atoms with Gasteiger partial charge in [-0.15, -0.1) is 0 Å². The molecule has 0 saturated heterocycles. The van der Waals surface area contributed by atoms with E-state index in [1.54, 1.807) is 23.1 Å². The van der Waals surface area contributed by atoms with Gasteiger partial charge >= 0.3 is 0 Å². The predicted octanol–water partition coefficient (Wildman–Crippen LogP) is 2.77. The molecule has 26 heavy (non-hydrogen) atoms. The first-order chi connectivity index (χ1) is 12.7. The molecule has 0 bridgehead atoms. The molecule has 6 heteroatoms. The normalized spacial score (nSPS) is 15.2. The van der Waals surface area contributed by atoms with Gasteiger partial charge in [-0.2, -0.15) is 0 Å². The number of nitrogens with zero attached hydrogens (tertiary/aromatic N) is 1. The molecular formula is C20H20N2O4. The smallest absolute Gasteiger partial charge is 0.236 e. The third-order valence-electron chi connectivity index (χ3n) is 4.55. The van der Waals surface area contributed by atoms with Gasteiger partial charge in [0.25, 0.3) is 0 Å². The van der Waals surface area contributed by atoms with Crippen molar-refractivity contribution in [3.63, 3.8) is 0 Å². The predicted molar refractivity (Wildman–Crippen MR) is 97.8 cm³/mol. The van der Waals surface area contributed by atoms with Crippen molar-refractivity contribution in [1.29, 1.82) is 0 Å². The molecule has 0 radical (unpaired) electrons. The number of carbonyl (C=O) groups excluding carboxylic acids is 2. The van der Waals surface area contributed by atoms with Crippen molar-refractivity contribution < 1.29 is 19.1 Å². The quantitative estimate of drug-likeness (QED) is 0.863. The standard InChI is InChI=1S/C20H20N2O4/c23-19(21-15-7-8-17-18(12-15)26-11-10-25-17)13-20(24)22-9-3-5-14-4-1-2-6-16(14)22/h1-2,4,6-8,12H,3,5,9-11,13H2,(H,21,23). The van der Waals surface area contributed by atoms with Gasteiger partial charge in [0.05, 0.1) is 0 Å². The summed E-state index contributed by atoms with van der Waals surface area (Å²) in [6.45, 7) is 1.65. The molecule has 4 rings (SSSR count). The molecule has 1 N–H and O–H groups in total. The molecule has 0 aromatic heterocycles. The van der Waals surface area contributed by atoms with E-state index in [2.05, 4.69) is 5.32 Å². The van der Waals surface area contributed by atoms with Crippen LogP contribution in [-0.4, -0.2) is 31.6 Å². The van der Waals surface area contributed by atoms with Gasteiger partial charge in [-0.3, -0.25) is 9.59 Å². The van der Waals surface area contributed by atoms with Gasteiger partial charge in [0.2, 0.25) is 11.8 Å². The summed E-state index contributed by atoms with van der Waals surface area (Å²) in [6, 6.07) is 13.1. The molecule has 2 aromatic rings. The number of aryl methyl sites for hydroxylation is 1. The maximum absolute atomic E-state index is 12.6. The summed E-state index contributed by atoms with van der Waals surface area (Å²) >= 11 is 0. The largest absolute Gasteiger partial charge is 0.486 e. The Labute approximate surface area is 151 Å². The number of fused-ring (bicyclic) bond motifs is 2. The topological polar surface area (TPSA) is 67.9 Å². The van der Waals surface area contributed by atoms with Crippen LogP contribution >= 0.6 is 0 Å². The van der Waals surface area contributed by atoms with Crippen LogP contribution in [0.4, 0.5) is 11.4 Å². The Kier molecular flexibility index (Phi) is 4.48. The molecule has 2 heterocycles. The zero-order chi connectivity index (χ0) is 17.9. The molecule has 0 spiro atoms. The molecule has 2 aliphatic heterocycles. The lowest BCUT2D eigenvalue weighted by molar-refractivity contribution is -0.125. The van der Waals surface area contributed by atoms with E-state index < -0.39 is 0 Å². The third-order valence-corrected chi connectivity index (χ3v) is 4.55. The van der Waals surface area contributed by atoms with Crippen LogP contribution in [0.2, 0.25) is 0 Å². The second-order valence-electron chi connectivity index (χ2n) is 6.36. The molecule has 134 valence electrons. The minimum atomic E-state index is -0.338. The van der Waals surface area contributed by atoms with Gasteiger partial charge < -0.3 is 19.7 Å². The van der Waals surface area contributed by atoms with E-state index in [9.17, 15) is 9.59 Å². The van der Waals surface area contributed by atoms with E-state index in [-0.39, 0.29) is 18.2 Å². The average molecular weight is 352 g/mol. The van der Waals surface area contributed by atoms with Crippen molar-refractivity contribution in [2.75, 3.05) is 30.0 Å². The monoisotopic (exact) mass is 352 g/mol. The summed E-state index contributed by atoms with van der Waals surface area (Å²) in [6.07, 6.45) is 1.68. The SMILES string of the molecule is O=C(CC(=O)N1CCCc2ccccc21)Nc1ccc2c(c1)OCCO2. The van der Waals surface area contributed by atoms with E-state index in [1.165, 1.54) is 0 Å². The van der Waals surface area contributed by atoms with Crippen molar-refractivity contribution in [3.05, 3.63) is 48.0 Å². The van der Waals surface area contributed by atoms with Crippen LogP contribution in [0.15, 0.2) is 42.5 Å². The first-order valence-electron chi connectivity index (χ1n) is 8.78.